The number of carbonyl (C=O) groups excluding carboxylic acids is 1. The Hall–Kier alpha value is -3.15. The van der Waals surface area contributed by atoms with Gasteiger partial charge in [-0.2, -0.15) is 0 Å². The number of morpholine rings is 1. The van der Waals surface area contributed by atoms with Gasteiger partial charge in [0.2, 0.25) is 5.43 Å². The number of ether oxygens (including phenoxy) is 1. The van der Waals surface area contributed by atoms with Crippen molar-refractivity contribution in [1.29, 1.82) is 0 Å². The van der Waals surface area contributed by atoms with Crippen LogP contribution in [0.4, 0.5) is 0 Å². The first kappa shape index (κ1) is 27.4. The Balaban J connectivity index is 0.000000383. The molecule has 0 bridgehead atoms. The summed E-state index contributed by atoms with van der Waals surface area (Å²) in [6.45, 7) is 7.38. The first-order valence-corrected chi connectivity index (χ1v) is 12.2. The number of benzene rings is 2. The monoisotopic (exact) mass is 509 g/mol. The van der Waals surface area contributed by atoms with Gasteiger partial charge in [-0.25, -0.2) is 0 Å². The molecule has 1 fully saturated rings. The molecule has 1 aromatic heterocycles. The van der Waals surface area contributed by atoms with E-state index in [1.807, 2.05) is 43.3 Å². The van der Waals surface area contributed by atoms with Gasteiger partial charge >= 0.3 is 0 Å². The fourth-order valence-corrected chi connectivity index (χ4v) is 4.04. The van der Waals surface area contributed by atoms with Crippen LogP contribution in [-0.2, 0) is 18.3 Å². The van der Waals surface area contributed by atoms with Crippen LogP contribution in [0.25, 0.3) is 10.9 Å². The molecule has 0 aliphatic carbocycles. The minimum Gasteiger partial charge on any atom is -0.392 e. The molecule has 0 saturated carbocycles. The van der Waals surface area contributed by atoms with Gasteiger partial charge in [-0.15, -0.1) is 0 Å². The molecule has 7 nitrogen and oxygen atoms in total. The topological polar surface area (TPSA) is 97.8 Å². The number of hydrogen-bond donors (Lipinski definition) is 2. The number of rotatable bonds is 4. The van der Waals surface area contributed by atoms with Crippen LogP contribution in [0.3, 0.4) is 0 Å². The smallest absolute Gasteiger partial charge is 0.254 e. The number of halogens is 1. The molecule has 2 aromatic carbocycles. The molecule has 8 heteroatoms. The van der Waals surface area contributed by atoms with Gasteiger partial charge < -0.3 is 20.1 Å². The number of carbonyl (C=O) groups is 1. The average Bonchev–Trinajstić information content (AvgIpc) is 2.83. The van der Waals surface area contributed by atoms with Gasteiger partial charge in [0.1, 0.15) is 5.56 Å². The SMILES string of the molecule is CC(O)CC#Cc1cc(CN2CCOCC2)cc2c(=O)c(C(N)=O)cn(C)c12.Cc1ccc(Cl)cc1. The van der Waals surface area contributed by atoms with Crippen molar-refractivity contribution >= 4 is 28.4 Å². The molecule has 3 aromatic rings. The number of nitrogens with two attached hydrogens (primary N) is 1. The zero-order valence-electron chi connectivity index (χ0n) is 20.9. The third-order valence-corrected chi connectivity index (χ3v) is 5.99. The Morgan fingerprint density at radius 3 is 2.47 bits per heavy atom. The average molecular weight is 510 g/mol. The lowest BCUT2D eigenvalue weighted by Gasteiger charge is -2.26. The Bertz CT molecular complexity index is 1310. The van der Waals surface area contributed by atoms with Gasteiger partial charge in [-0.3, -0.25) is 14.5 Å². The van der Waals surface area contributed by atoms with E-state index in [1.54, 1.807) is 18.5 Å². The zero-order chi connectivity index (χ0) is 26.2. The maximum atomic E-state index is 12.9. The van der Waals surface area contributed by atoms with Crippen molar-refractivity contribution in [1.82, 2.24) is 9.47 Å². The second kappa shape index (κ2) is 12.7. The lowest BCUT2D eigenvalue weighted by molar-refractivity contribution is 0.0342. The molecule has 0 spiro atoms. The van der Waals surface area contributed by atoms with Crippen LogP contribution in [0.1, 0.15) is 40.4 Å². The summed E-state index contributed by atoms with van der Waals surface area (Å²) in [6, 6.07) is 11.5. The Kier molecular flexibility index (Phi) is 9.68. The number of aliphatic hydroxyl groups is 1. The summed E-state index contributed by atoms with van der Waals surface area (Å²) < 4.78 is 7.10. The molecular weight excluding hydrogens is 478 g/mol. The number of pyridine rings is 1. The van der Waals surface area contributed by atoms with Crippen molar-refractivity contribution in [3.63, 3.8) is 0 Å². The van der Waals surface area contributed by atoms with Crippen LogP contribution in [0.2, 0.25) is 5.02 Å². The second-order valence-corrected chi connectivity index (χ2v) is 9.36. The maximum absolute atomic E-state index is 12.9. The van der Waals surface area contributed by atoms with Crippen molar-refractivity contribution in [2.24, 2.45) is 12.8 Å². The first-order valence-electron chi connectivity index (χ1n) is 11.8. The fraction of sp³-hybridized carbons (Fsp3) is 0.357. The molecule has 1 amide bonds. The summed E-state index contributed by atoms with van der Waals surface area (Å²) in [4.78, 5) is 26.8. The van der Waals surface area contributed by atoms with Gasteiger partial charge in [-0.1, -0.05) is 41.1 Å². The second-order valence-electron chi connectivity index (χ2n) is 8.93. The number of aromatic nitrogens is 1. The summed E-state index contributed by atoms with van der Waals surface area (Å²) >= 11 is 5.61. The summed E-state index contributed by atoms with van der Waals surface area (Å²) in [6.07, 6.45) is 1.26. The highest BCUT2D eigenvalue weighted by Crippen LogP contribution is 2.20. The molecule has 36 heavy (non-hydrogen) atoms. The first-order chi connectivity index (χ1) is 17.2. The molecule has 3 N–H and O–H groups in total. The number of aliphatic hydroxyl groups excluding tert-OH is 1. The summed E-state index contributed by atoms with van der Waals surface area (Å²) in [5, 5.41) is 10.7. The number of fused-ring (bicyclic) bond motifs is 1. The molecular formula is C28H32ClN3O4. The van der Waals surface area contributed by atoms with Crippen LogP contribution in [-0.4, -0.2) is 52.9 Å². The van der Waals surface area contributed by atoms with Crippen LogP contribution in [0, 0.1) is 18.8 Å². The molecule has 190 valence electrons. The number of nitrogens with zero attached hydrogens (tertiary/aromatic N) is 2. The van der Waals surface area contributed by atoms with E-state index >= 15 is 0 Å². The predicted molar refractivity (Wildman–Crippen MR) is 143 cm³/mol. The van der Waals surface area contributed by atoms with Gasteiger partial charge in [-0.05, 0) is 43.7 Å². The lowest BCUT2D eigenvalue weighted by atomic mass is 10.0. The van der Waals surface area contributed by atoms with E-state index in [2.05, 4.69) is 16.7 Å². The van der Waals surface area contributed by atoms with Crippen molar-refractivity contribution in [3.05, 3.63) is 80.1 Å². The summed E-state index contributed by atoms with van der Waals surface area (Å²) in [5.74, 6) is 5.30. The highest BCUT2D eigenvalue weighted by molar-refractivity contribution is 6.30. The fourth-order valence-electron chi connectivity index (χ4n) is 3.92. The van der Waals surface area contributed by atoms with Crippen LogP contribution in [0.5, 0.6) is 0 Å². The Morgan fingerprint density at radius 1 is 1.22 bits per heavy atom. The molecule has 0 radical (unpaired) electrons. The van der Waals surface area contributed by atoms with E-state index in [9.17, 15) is 14.7 Å². The quantitative estimate of drug-likeness (QED) is 0.526. The maximum Gasteiger partial charge on any atom is 0.254 e. The Labute approximate surface area is 216 Å². The van der Waals surface area contributed by atoms with Crippen LogP contribution >= 0.6 is 11.6 Å². The van der Waals surface area contributed by atoms with E-state index in [-0.39, 0.29) is 11.0 Å². The number of aryl methyl sites for hydroxylation is 2. The largest absolute Gasteiger partial charge is 0.392 e. The third-order valence-electron chi connectivity index (χ3n) is 5.74. The lowest BCUT2D eigenvalue weighted by Crippen LogP contribution is -2.35. The molecule has 1 aliphatic heterocycles. The summed E-state index contributed by atoms with van der Waals surface area (Å²) in [5.41, 5.74) is 8.48. The summed E-state index contributed by atoms with van der Waals surface area (Å²) in [7, 11) is 1.76. The molecule has 1 atom stereocenters. The normalized spacial score (nSPS) is 14.4. The molecule has 4 rings (SSSR count). The highest BCUT2D eigenvalue weighted by atomic mass is 35.5. The predicted octanol–water partition coefficient (Wildman–Crippen LogP) is 3.24. The minimum atomic E-state index is -0.747. The van der Waals surface area contributed by atoms with E-state index in [0.717, 1.165) is 23.7 Å². The van der Waals surface area contributed by atoms with E-state index in [0.29, 0.717) is 42.6 Å². The zero-order valence-corrected chi connectivity index (χ0v) is 21.6. The van der Waals surface area contributed by atoms with E-state index < -0.39 is 12.0 Å². The molecule has 1 saturated heterocycles. The van der Waals surface area contributed by atoms with Crippen molar-refractivity contribution in [2.75, 3.05) is 26.3 Å². The van der Waals surface area contributed by atoms with Crippen molar-refractivity contribution in [2.45, 2.75) is 32.9 Å². The third kappa shape index (κ3) is 7.42. The van der Waals surface area contributed by atoms with Gasteiger partial charge in [0.05, 0.1) is 24.8 Å². The number of amides is 1. The van der Waals surface area contributed by atoms with E-state index in [1.165, 1.54) is 11.8 Å². The van der Waals surface area contributed by atoms with Gasteiger partial charge in [0, 0.05) is 55.3 Å². The minimum absolute atomic E-state index is 0.0404. The van der Waals surface area contributed by atoms with E-state index in [4.69, 9.17) is 22.1 Å². The van der Waals surface area contributed by atoms with Crippen LogP contribution in [0.15, 0.2) is 47.4 Å². The standard InChI is InChI=1S/C21H25N3O4.C7H7Cl/c1-14(25)4-3-5-16-10-15(12-24-6-8-28-9-7-24)11-17-19(16)23(2)13-18(20(17)26)21(22)27;1-6-2-4-7(8)5-3-6/h10-11,13-14,25H,4,6-9,12H2,1-2H3,(H2,22,27);2-5H,1H3. The molecule has 1 aliphatic rings. The van der Waals surface area contributed by atoms with Crippen molar-refractivity contribution in [3.8, 4) is 11.8 Å². The van der Waals surface area contributed by atoms with Gasteiger partial charge in [0.15, 0.2) is 0 Å². The molecule has 2 heterocycles. The molecule has 1 unspecified atom stereocenters. The number of primary amides is 1. The van der Waals surface area contributed by atoms with Crippen LogP contribution < -0.4 is 11.2 Å². The van der Waals surface area contributed by atoms with Gasteiger partial charge in [0.25, 0.3) is 5.91 Å². The van der Waals surface area contributed by atoms with Crippen molar-refractivity contribution < 1.29 is 14.6 Å². The number of hydrogen-bond acceptors (Lipinski definition) is 5. The highest BCUT2D eigenvalue weighted by Gasteiger charge is 2.17. The Morgan fingerprint density at radius 2 is 1.89 bits per heavy atom.